The van der Waals surface area contributed by atoms with Crippen molar-refractivity contribution in [2.45, 2.75) is 33.7 Å². The van der Waals surface area contributed by atoms with Crippen LogP contribution in [0, 0.1) is 5.92 Å². The maximum Gasteiger partial charge on any atom is 0.317 e. The molecule has 1 unspecified atom stereocenters. The van der Waals surface area contributed by atoms with E-state index in [1.807, 2.05) is 13.8 Å². The highest BCUT2D eigenvalue weighted by molar-refractivity contribution is 5.74. The summed E-state index contributed by atoms with van der Waals surface area (Å²) in [7, 11) is 1.65. The lowest BCUT2D eigenvalue weighted by Gasteiger charge is -2.26. The van der Waals surface area contributed by atoms with Crippen LogP contribution in [-0.4, -0.2) is 43.8 Å². The number of nitrogens with one attached hydrogen (secondary N) is 1. The number of methoxy groups -OCH3 is 1. The highest BCUT2D eigenvalue weighted by Gasteiger charge is 2.18. The quantitative estimate of drug-likeness (QED) is 0.734. The number of hydrogen-bond donors (Lipinski definition) is 1. The van der Waals surface area contributed by atoms with E-state index in [1.54, 1.807) is 12.0 Å². The minimum Gasteiger partial charge on any atom is -0.383 e. The lowest BCUT2D eigenvalue weighted by molar-refractivity contribution is 0.140. The van der Waals surface area contributed by atoms with Crippen molar-refractivity contribution in [3.63, 3.8) is 0 Å². The van der Waals surface area contributed by atoms with Gasteiger partial charge in [-0.15, -0.1) is 0 Å². The molecule has 0 aromatic heterocycles. The van der Waals surface area contributed by atoms with Crippen molar-refractivity contribution >= 4 is 6.03 Å². The summed E-state index contributed by atoms with van der Waals surface area (Å²) >= 11 is 0. The predicted octanol–water partition coefficient (Wildman–Crippen LogP) is 1.71. The Kier molecular flexibility index (Phi) is 7.13. The first-order chi connectivity index (χ1) is 7.06. The smallest absolute Gasteiger partial charge is 0.317 e. The summed E-state index contributed by atoms with van der Waals surface area (Å²) < 4.78 is 5.08. The highest BCUT2D eigenvalue weighted by Crippen LogP contribution is 2.03. The van der Waals surface area contributed by atoms with E-state index in [4.69, 9.17) is 4.74 Å². The van der Waals surface area contributed by atoms with Gasteiger partial charge in [0.1, 0.15) is 0 Å². The molecular weight excluding hydrogens is 192 g/mol. The second kappa shape index (κ2) is 7.51. The SMILES string of the molecule is CCN(CC)C(=O)NC(COC)C(C)C. The first kappa shape index (κ1) is 14.2. The van der Waals surface area contributed by atoms with Crippen LogP contribution in [0.1, 0.15) is 27.7 Å². The average molecular weight is 216 g/mol. The number of amides is 2. The summed E-state index contributed by atoms with van der Waals surface area (Å²) in [5.74, 6) is 0.379. The summed E-state index contributed by atoms with van der Waals surface area (Å²) in [6.45, 7) is 10.1. The lowest BCUT2D eigenvalue weighted by atomic mass is 10.1. The molecule has 0 bridgehead atoms. The fraction of sp³-hybridized carbons (Fsp3) is 0.909. The van der Waals surface area contributed by atoms with Gasteiger partial charge in [0.05, 0.1) is 12.6 Å². The Bertz CT molecular complexity index is 179. The molecule has 0 heterocycles. The summed E-state index contributed by atoms with van der Waals surface area (Å²) in [6.07, 6.45) is 0. The zero-order valence-corrected chi connectivity index (χ0v) is 10.5. The number of nitrogens with zero attached hydrogens (tertiary/aromatic N) is 1. The zero-order valence-electron chi connectivity index (χ0n) is 10.5. The van der Waals surface area contributed by atoms with E-state index >= 15 is 0 Å². The third-order valence-electron chi connectivity index (χ3n) is 2.51. The van der Waals surface area contributed by atoms with Gasteiger partial charge in [-0.25, -0.2) is 4.79 Å². The van der Waals surface area contributed by atoms with Crippen molar-refractivity contribution in [1.82, 2.24) is 10.2 Å². The topological polar surface area (TPSA) is 41.6 Å². The zero-order chi connectivity index (χ0) is 11.8. The second-order valence-electron chi connectivity index (χ2n) is 3.93. The minimum atomic E-state index is -0.00394. The number of carbonyl (C=O) groups excluding carboxylic acids is 1. The fourth-order valence-electron chi connectivity index (χ4n) is 1.34. The predicted molar refractivity (Wildman–Crippen MR) is 62.0 cm³/mol. The molecule has 90 valence electrons. The van der Waals surface area contributed by atoms with E-state index in [9.17, 15) is 4.79 Å². The number of rotatable bonds is 6. The van der Waals surface area contributed by atoms with Gasteiger partial charge in [-0.1, -0.05) is 13.8 Å². The Labute approximate surface area is 93.0 Å². The monoisotopic (exact) mass is 216 g/mol. The van der Waals surface area contributed by atoms with E-state index < -0.39 is 0 Å². The number of ether oxygens (including phenoxy) is 1. The Morgan fingerprint density at radius 2 is 1.87 bits per heavy atom. The molecule has 0 rings (SSSR count). The molecule has 0 saturated heterocycles. The van der Waals surface area contributed by atoms with Crippen LogP contribution in [0.4, 0.5) is 4.79 Å². The maximum absolute atomic E-state index is 11.8. The van der Waals surface area contributed by atoms with Crippen LogP contribution >= 0.6 is 0 Å². The van der Waals surface area contributed by atoms with Crippen LogP contribution in [0.5, 0.6) is 0 Å². The van der Waals surface area contributed by atoms with Crippen LogP contribution in [0.3, 0.4) is 0 Å². The maximum atomic E-state index is 11.8. The van der Waals surface area contributed by atoms with Gasteiger partial charge in [-0.2, -0.15) is 0 Å². The normalized spacial score (nSPS) is 12.7. The molecule has 0 radical (unpaired) electrons. The van der Waals surface area contributed by atoms with E-state index in [2.05, 4.69) is 19.2 Å². The first-order valence-corrected chi connectivity index (χ1v) is 5.61. The number of carbonyl (C=O) groups is 1. The molecule has 0 aliphatic heterocycles. The molecule has 15 heavy (non-hydrogen) atoms. The average Bonchev–Trinajstić information content (AvgIpc) is 2.18. The van der Waals surface area contributed by atoms with Crippen molar-refractivity contribution in [3.8, 4) is 0 Å². The van der Waals surface area contributed by atoms with Crippen molar-refractivity contribution < 1.29 is 9.53 Å². The third-order valence-corrected chi connectivity index (χ3v) is 2.51. The van der Waals surface area contributed by atoms with Crippen molar-refractivity contribution in [2.75, 3.05) is 26.8 Å². The van der Waals surface area contributed by atoms with E-state index in [1.165, 1.54) is 0 Å². The molecular formula is C11H24N2O2. The summed E-state index contributed by atoms with van der Waals surface area (Å²) in [5.41, 5.74) is 0. The van der Waals surface area contributed by atoms with Gasteiger partial charge in [-0.3, -0.25) is 0 Å². The van der Waals surface area contributed by atoms with Crippen LogP contribution in [0.15, 0.2) is 0 Å². The van der Waals surface area contributed by atoms with Gasteiger partial charge in [0, 0.05) is 20.2 Å². The van der Waals surface area contributed by atoms with Gasteiger partial charge >= 0.3 is 6.03 Å². The Morgan fingerprint density at radius 3 is 2.20 bits per heavy atom. The molecule has 1 atom stereocenters. The third kappa shape index (κ3) is 5.02. The molecule has 0 spiro atoms. The van der Waals surface area contributed by atoms with E-state index in [0.717, 1.165) is 13.1 Å². The molecule has 0 fully saturated rings. The molecule has 4 nitrogen and oxygen atoms in total. The molecule has 0 aromatic rings. The Hall–Kier alpha value is -0.770. The van der Waals surface area contributed by atoms with Crippen LogP contribution < -0.4 is 5.32 Å². The van der Waals surface area contributed by atoms with Gasteiger partial charge < -0.3 is 15.0 Å². The molecule has 0 saturated carbocycles. The number of hydrogen-bond acceptors (Lipinski definition) is 2. The number of urea groups is 1. The minimum absolute atomic E-state index is 0.00394. The molecule has 0 aliphatic carbocycles. The Morgan fingerprint density at radius 1 is 1.33 bits per heavy atom. The molecule has 0 aromatic carbocycles. The van der Waals surface area contributed by atoms with E-state index in [0.29, 0.717) is 12.5 Å². The highest BCUT2D eigenvalue weighted by atomic mass is 16.5. The first-order valence-electron chi connectivity index (χ1n) is 5.61. The van der Waals surface area contributed by atoms with Crippen molar-refractivity contribution in [3.05, 3.63) is 0 Å². The molecule has 2 amide bonds. The fourth-order valence-corrected chi connectivity index (χ4v) is 1.34. The summed E-state index contributed by atoms with van der Waals surface area (Å²) in [5, 5.41) is 2.98. The largest absolute Gasteiger partial charge is 0.383 e. The summed E-state index contributed by atoms with van der Waals surface area (Å²) in [4.78, 5) is 13.5. The van der Waals surface area contributed by atoms with Gasteiger partial charge in [0.15, 0.2) is 0 Å². The second-order valence-corrected chi connectivity index (χ2v) is 3.93. The van der Waals surface area contributed by atoms with Crippen molar-refractivity contribution in [1.29, 1.82) is 0 Å². The molecule has 1 N–H and O–H groups in total. The van der Waals surface area contributed by atoms with Crippen LogP contribution in [0.2, 0.25) is 0 Å². The molecule has 0 aliphatic rings. The van der Waals surface area contributed by atoms with Crippen molar-refractivity contribution in [2.24, 2.45) is 5.92 Å². The van der Waals surface area contributed by atoms with Gasteiger partial charge in [0.2, 0.25) is 0 Å². The standard InChI is InChI=1S/C11H24N2O2/c1-6-13(7-2)11(14)12-10(8-15-5)9(3)4/h9-10H,6-8H2,1-5H3,(H,12,14). The van der Waals surface area contributed by atoms with Crippen LogP contribution in [-0.2, 0) is 4.74 Å². The lowest BCUT2D eigenvalue weighted by Crippen LogP contribution is -2.48. The van der Waals surface area contributed by atoms with Gasteiger partial charge in [0.25, 0.3) is 0 Å². The van der Waals surface area contributed by atoms with Crippen LogP contribution in [0.25, 0.3) is 0 Å². The Balaban J connectivity index is 4.20. The molecule has 4 heteroatoms. The van der Waals surface area contributed by atoms with Gasteiger partial charge in [-0.05, 0) is 19.8 Å². The summed E-state index contributed by atoms with van der Waals surface area (Å²) in [6, 6.07) is 0.0823. The van der Waals surface area contributed by atoms with E-state index in [-0.39, 0.29) is 12.1 Å².